The van der Waals surface area contributed by atoms with Crippen LogP contribution in [0.25, 0.3) is 0 Å². The maximum atomic E-state index is 12.2. The van der Waals surface area contributed by atoms with Crippen molar-refractivity contribution >= 4 is 28.5 Å². The highest BCUT2D eigenvalue weighted by Crippen LogP contribution is 2.33. The van der Waals surface area contributed by atoms with Crippen LogP contribution in [0.1, 0.15) is 32.7 Å². The number of rotatable bonds is 2. The number of carbonyl (C=O) groups excluding carboxylic acids is 2. The molecule has 0 aliphatic carbocycles. The zero-order chi connectivity index (χ0) is 15.1. The Morgan fingerprint density at radius 3 is 2.55 bits per heavy atom. The van der Waals surface area contributed by atoms with Gasteiger partial charge >= 0.3 is 12.0 Å². The second-order valence-corrected chi connectivity index (χ2v) is 6.69. The molecule has 1 aliphatic rings. The van der Waals surface area contributed by atoms with Crippen molar-refractivity contribution in [1.82, 2.24) is 15.1 Å². The molecule has 1 saturated heterocycles. The van der Waals surface area contributed by atoms with Crippen molar-refractivity contribution in [2.45, 2.75) is 39.3 Å². The molecule has 0 saturated carbocycles. The predicted molar refractivity (Wildman–Crippen MR) is 74.7 cm³/mol. The smallest absolute Gasteiger partial charge is 0.329 e. The first-order valence-electron chi connectivity index (χ1n) is 6.25. The molecule has 2 rings (SSSR count). The first kappa shape index (κ1) is 14.7. The number of hydrogen-bond donors (Lipinski definition) is 0. The Bertz CT molecular complexity index is 537. The Morgan fingerprint density at radius 1 is 1.40 bits per heavy atom. The van der Waals surface area contributed by atoms with Crippen molar-refractivity contribution in [1.29, 1.82) is 0 Å². The summed E-state index contributed by atoms with van der Waals surface area (Å²) in [7, 11) is 1.66. The van der Waals surface area contributed by atoms with E-state index >= 15 is 0 Å². The molecule has 2 heterocycles. The maximum Gasteiger partial charge on any atom is 0.329 e. The summed E-state index contributed by atoms with van der Waals surface area (Å²) in [4.78, 5) is 26.2. The Morgan fingerprint density at radius 2 is 2.05 bits per heavy atom. The molecule has 1 atom stereocenters. The van der Waals surface area contributed by atoms with Gasteiger partial charge < -0.3 is 9.64 Å². The predicted octanol–water partition coefficient (Wildman–Crippen LogP) is 1.60. The van der Waals surface area contributed by atoms with E-state index in [4.69, 9.17) is 4.74 Å². The summed E-state index contributed by atoms with van der Waals surface area (Å²) in [6, 6.07) is -0.243. The molecule has 7 nitrogen and oxygen atoms in total. The van der Waals surface area contributed by atoms with Crippen molar-refractivity contribution < 1.29 is 14.3 Å². The lowest BCUT2D eigenvalue weighted by Crippen LogP contribution is -2.37. The van der Waals surface area contributed by atoms with Crippen molar-refractivity contribution in [3.05, 3.63) is 5.01 Å². The van der Waals surface area contributed by atoms with E-state index in [-0.39, 0.29) is 11.4 Å². The highest BCUT2D eigenvalue weighted by molar-refractivity contribution is 7.15. The van der Waals surface area contributed by atoms with Gasteiger partial charge in [0.15, 0.2) is 0 Å². The van der Waals surface area contributed by atoms with Crippen molar-refractivity contribution in [2.24, 2.45) is 0 Å². The summed E-state index contributed by atoms with van der Waals surface area (Å²) in [5.74, 6) is -0.427. The largest absolute Gasteiger partial charge is 0.439 e. The Balaban J connectivity index is 2.30. The molecule has 1 aromatic heterocycles. The lowest BCUT2D eigenvalue weighted by atomic mass is 9.98. The molecule has 1 unspecified atom stereocenters. The van der Waals surface area contributed by atoms with Crippen LogP contribution in [-0.2, 0) is 14.9 Å². The SMILES string of the molecule is CC(=O)OC1CN(C)C(=O)N1c1nnc(C(C)(C)C)s1. The minimum absolute atomic E-state index is 0.137. The van der Waals surface area contributed by atoms with Gasteiger partial charge in [0.2, 0.25) is 11.4 Å². The second-order valence-electron chi connectivity index (χ2n) is 5.74. The molecule has 20 heavy (non-hydrogen) atoms. The van der Waals surface area contributed by atoms with Gasteiger partial charge in [-0.15, -0.1) is 10.2 Å². The number of likely N-dealkylation sites (N-methyl/N-ethyl adjacent to an activating group) is 1. The van der Waals surface area contributed by atoms with Crippen LogP contribution in [0.5, 0.6) is 0 Å². The molecule has 110 valence electrons. The minimum atomic E-state index is -0.647. The molecular weight excluding hydrogens is 280 g/mol. The highest BCUT2D eigenvalue weighted by Gasteiger charge is 2.40. The van der Waals surface area contributed by atoms with Crippen molar-refractivity contribution in [3.8, 4) is 0 Å². The van der Waals surface area contributed by atoms with Gasteiger partial charge in [0, 0.05) is 19.4 Å². The first-order valence-corrected chi connectivity index (χ1v) is 7.07. The number of aromatic nitrogens is 2. The van der Waals surface area contributed by atoms with Gasteiger partial charge in [-0.05, 0) is 0 Å². The van der Waals surface area contributed by atoms with E-state index in [9.17, 15) is 9.59 Å². The number of urea groups is 1. The normalized spacial score (nSPS) is 19.6. The zero-order valence-corrected chi connectivity index (χ0v) is 13.0. The Hall–Kier alpha value is -1.70. The monoisotopic (exact) mass is 298 g/mol. The fraction of sp³-hybridized carbons (Fsp3) is 0.667. The zero-order valence-electron chi connectivity index (χ0n) is 12.2. The van der Waals surface area contributed by atoms with Crippen LogP contribution in [0.15, 0.2) is 0 Å². The molecule has 0 N–H and O–H groups in total. The number of esters is 1. The van der Waals surface area contributed by atoms with Crippen molar-refractivity contribution in [3.63, 3.8) is 0 Å². The number of amides is 2. The number of ether oxygens (including phenoxy) is 1. The van der Waals surface area contributed by atoms with Crippen LogP contribution in [0, 0.1) is 0 Å². The van der Waals surface area contributed by atoms with Crippen LogP contribution < -0.4 is 4.90 Å². The van der Waals surface area contributed by atoms with Crippen molar-refractivity contribution in [2.75, 3.05) is 18.5 Å². The fourth-order valence-electron chi connectivity index (χ4n) is 1.80. The van der Waals surface area contributed by atoms with E-state index < -0.39 is 12.2 Å². The van der Waals surface area contributed by atoms with E-state index in [1.807, 2.05) is 20.8 Å². The molecule has 0 spiro atoms. The quantitative estimate of drug-likeness (QED) is 0.775. The number of anilines is 1. The first-order chi connectivity index (χ1) is 9.20. The van der Waals surface area contributed by atoms with Gasteiger partial charge in [-0.1, -0.05) is 32.1 Å². The molecule has 0 aromatic carbocycles. The van der Waals surface area contributed by atoms with E-state index in [2.05, 4.69) is 10.2 Å². The lowest BCUT2D eigenvalue weighted by Gasteiger charge is -2.19. The molecular formula is C12H18N4O3S. The van der Waals surface area contributed by atoms with Crippen LogP contribution in [0.4, 0.5) is 9.93 Å². The minimum Gasteiger partial charge on any atom is -0.439 e. The highest BCUT2D eigenvalue weighted by atomic mass is 32.1. The van der Waals surface area contributed by atoms with Gasteiger partial charge in [0.05, 0.1) is 6.54 Å². The third-order valence-corrected chi connectivity index (χ3v) is 4.16. The summed E-state index contributed by atoms with van der Waals surface area (Å²) in [6.45, 7) is 7.72. The van der Waals surface area contributed by atoms with E-state index in [0.717, 1.165) is 5.01 Å². The number of carbonyl (C=O) groups is 2. The lowest BCUT2D eigenvalue weighted by molar-refractivity contribution is -0.145. The Kier molecular flexibility index (Phi) is 3.68. The molecule has 0 bridgehead atoms. The summed E-state index contributed by atoms with van der Waals surface area (Å²) in [5, 5.41) is 9.47. The van der Waals surface area contributed by atoms with Gasteiger partial charge in [-0.25, -0.2) is 9.69 Å². The van der Waals surface area contributed by atoms with Gasteiger partial charge in [0.1, 0.15) is 5.01 Å². The third-order valence-electron chi connectivity index (χ3n) is 2.81. The molecule has 8 heteroatoms. The van der Waals surface area contributed by atoms with Gasteiger partial charge in [0.25, 0.3) is 0 Å². The van der Waals surface area contributed by atoms with Crippen LogP contribution in [0.3, 0.4) is 0 Å². The molecule has 1 aliphatic heterocycles. The number of nitrogens with zero attached hydrogens (tertiary/aromatic N) is 4. The third kappa shape index (κ3) is 2.74. The molecule has 1 fully saturated rings. The van der Waals surface area contributed by atoms with E-state index in [0.29, 0.717) is 11.7 Å². The summed E-state index contributed by atoms with van der Waals surface area (Å²) in [6.07, 6.45) is -0.647. The van der Waals surface area contributed by atoms with Crippen LogP contribution in [0.2, 0.25) is 0 Å². The summed E-state index contributed by atoms with van der Waals surface area (Å²) >= 11 is 1.34. The van der Waals surface area contributed by atoms with Gasteiger partial charge in [-0.2, -0.15) is 0 Å². The second kappa shape index (κ2) is 5.01. The Labute approximate surface area is 121 Å². The summed E-state index contributed by atoms with van der Waals surface area (Å²) < 4.78 is 5.18. The standard InChI is InChI=1S/C12H18N4O3S/c1-7(17)19-8-6-15(5)11(18)16(8)10-14-13-9(20-10)12(2,3)4/h8H,6H2,1-5H3. The van der Waals surface area contributed by atoms with E-state index in [1.165, 1.54) is 28.1 Å². The average Bonchev–Trinajstić information content (AvgIpc) is 2.84. The molecule has 0 radical (unpaired) electrons. The molecule has 1 aromatic rings. The van der Waals surface area contributed by atoms with E-state index in [1.54, 1.807) is 7.05 Å². The van der Waals surface area contributed by atoms with Crippen LogP contribution in [-0.4, -0.2) is 46.9 Å². The average molecular weight is 298 g/mol. The fourth-order valence-corrected chi connectivity index (χ4v) is 2.74. The number of hydrogen-bond acceptors (Lipinski definition) is 6. The van der Waals surface area contributed by atoms with Crippen LogP contribution >= 0.6 is 11.3 Å². The molecule has 2 amide bonds. The van der Waals surface area contributed by atoms with Gasteiger partial charge in [-0.3, -0.25) is 4.79 Å². The summed E-state index contributed by atoms with van der Waals surface area (Å²) in [5.41, 5.74) is -0.137. The maximum absolute atomic E-state index is 12.2. The topological polar surface area (TPSA) is 75.6 Å².